The normalized spacial score (nSPS) is 23.3. The molecule has 1 aromatic rings. The van der Waals surface area contributed by atoms with E-state index in [0.29, 0.717) is 16.6 Å². The smallest absolute Gasteiger partial charge is 0.0992 e. The van der Waals surface area contributed by atoms with Gasteiger partial charge in [0.05, 0.1) is 11.6 Å². The molecule has 1 aromatic carbocycles. The van der Waals surface area contributed by atoms with Crippen LogP contribution in [0.4, 0.5) is 0 Å². The van der Waals surface area contributed by atoms with E-state index in [4.69, 9.17) is 16.9 Å². The van der Waals surface area contributed by atoms with E-state index in [9.17, 15) is 0 Å². The van der Waals surface area contributed by atoms with Gasteiger partial charge in [0.1, 0.15) is 0 Å². The number of hydrogen-bond donors (Lipinski definition) is 0. The number of nitriles is 1. The molecule has 0 heterocycles. The fraction of sp³-hybridized carbons (Fsp3) is 0.562. The van der Waals surface area contributed by atoms with E-state index in [1.807, 2.05) is 12.1 Å². The lowest BCUT2D eigenvalue weighted by molar-refractivity contribution is 0.164. The second-order valence-corrected chi connectivity index (χ2v) is 6.15. The van der Waals surface area contributed by atoms with Crippen LogP contribution in [0.15, 0.2) is 18.2 Å². The van der Waals surface area contributed by atoms with Crippen molar-refractivity contribution >= 4 is 11.6 Å². The van der Waals surface area contributed by atoms with Gasteiger partial charge in [0.25, 0.3) is 0 Å². The van der Waals surface area contributed by atoms with Gasteiger partial charge in [-0.05, 0) is 56.3 Å². The summed E-state index contributed by atoms with van der Waals surface area (Å²) in [5, 5.41) is 9.55. The Morgan fingerprint density at radius 2 is 2.00 bits per heavy atom. The molecule has 2 rings (SSSR count). The van der Waals surface area contributed by atoms with Crippen LogP contribution in [-0.2, 0) is 6.54 Å². The second kappa shape index (κ2) is 6.41. The summed E-state index contributed by atoms with van der Waals surface area (Å²) in [7, 11) is 2.18. The molecule has 102 valence electrons. The molecule has 2 nitrogen and oxygen atoms in total. The average molecular weight is 277 g/mol. The molecule has 0 saturated heterocycles. The largest absolute Gasteiger partial charge is 0.299 e. The first kappa shape index (κ1) is 14.4. The maximum atomic E-state index is 8.84. The van der Waals surface area contributed by atoms with Crippen LogP contribution in [-0.4, -0.2) is 18.0 Å². The molecule has 0 spiro atoms. The highest BCUT2D eigenvalue weighted by Crippen LogP contribution is 2.28. The Morgan fingerprint density at radius 1 is 1.32 bits per heavy atom. The molecule has 0 atom stereocenters. The molecular weight excluding hydrogens is 256 g/mol. The van der Waals surface area contributed by atoms with Crippen LogP contribution in [0.1, 0.15) is 43.7 Å². The highest BCUT2D eigenvalue weighted by Gasteiger charge is 2.22. The maximum Gasteiger partial charge on any atom is 0.0992 e. The van der Waals surface area contributed by atoms with Gasteiger partial charge in [0.15, 0.2) is 0 Å². The van der Waals surface area contributed by atoms with Crippen molar-refractivity contribution in [1.29, 1.82) is 5.26 Å². The minimum atomic E-state index is 0.628. The van der Waals surface area contributed by atoms with Crippen LogP contribution < -0.4 is 0 Å². The third-order valence-corrected chi connectivity index (χ3v) is 4.56. The lowest BCUT2D eigenvalue weighted by atomic mass is 9.86. The summed E-state index contributed by atoms with van der Waals surface area (Å²) >= 11 is 6.24. The van der Waals surface area contributed by atoms with Gasteiger partial charge in [-0.3, -0.25) is 4.90 Å². The number of halogens is 1. The van der Waals surface area contributed by atoms with Crippen LogP contribution in [0.25, 0.3) is 0 Å². The van der Waals surface area contributed by atoms with Crippen molar-refractivity contribution in [3.05, 3.63) is 34.3 Å². The molecule has 1 fully saturated rings. The third kappa shape index (κ3) is 3.72. The lowest BCUT2D eigenvalue weighted by Crippen LogP contribution is -2.34. The molecule has 1 aliphatic rings. The van der Waals surface area contributed by atoms with E-state index < -0.39 is 0 Å². The van der Waals surface area contributed by atoms with Gasteiger partial charge >= 0.3 is 0 Å². The van der Waals surface area contributed by atoms with E-state index in [1.54, 1.807) is 6.07 Å². The fourth-order valence-electron chi connectivity index (χ4n) is 2.83. The molecule has 19 heavy (non-hydrogen) atoms. The summed E-state index contributed by atoms with van der Waals surface area (Å²) in [6.07, 6.45) is 5.23. The summed E-state index contributed by atoms with van der Waals surface area (Å²) in [6.45, 7) is 3.21. The maximum absolute atomic E-state index is 8.84. The fourth-order valence-corrected chi connectivity index (χ4v) is 3.07. The first-order valence-corrected chi connectivity index (χ1v) is 7.36. The van der Waals surface area contributed by atoms with Crippen LogP contribution in [0.5, 0.6) is 0 Å². The molecule has 0 unspecified atom stereocenters. The van der Waals surface area contributed by atoms with Crippen molar-refractivity contribution in [3.8, 4) is 6.07 Å². The van der Waals surface area contributed by atoms with Crippen molar-refractivity contribution in [2.45, 2.75) is 45.2 Å². The summed E-state index contributed by atoms with van der Waals surface area (Å²) in [5.74, 6) is 0.878. The summed E-state index contributed by atoms with van der Waals surface area (Å²) in [6, 6.07) is 8.37. The number of rotatable bonds is 3. The average Bonchev–Trinajstić information content (AvgIpc) is 2.41. The van der Waals surface area contributed by atoms with Gasteiger partial charge in [-0.15, -0.1) is 0 Å². The molecule has 1 saturated carbocycles. The molecule has 0 aromatic heterocycles. The molecule has 1 aliphatic carbocycles. The van der Waals surface area contributed by atoms with Crippen LogP contribution in [0.2, 0.25) is 5.02 Å². The number of benzene rings is 1. The van der Waals surface area contributed by atoms with Crippen molar-refractivity contribution in [2.24, 2.45) is 5.92 Å². The van der Waals surface area contributed by atoms with Gasteiger partial charge in [-0.2, -0.15) is 5.26 Å². The standard InChI is InChI=1S/C16H21ClN2/c1-12-3-7-15(8-4-12)19(2)11-14-6-5-13(10-18)9-16(14)17/h5-6,9,12,15H,3-4,7-8,11H2,1-2H3. The van der Waals surface area contributed by atoms with Gasteiger partial charge < -0.3 is 0 Å². The Balaban J connectivity index is 1.99. The van der Waals surface area contributed by atoms with E-state index in [-0.39, 0.29) is 0 Å². The Morgan fingerprint density at radius 3 is 2.58 bits per heavy atom. The zero-order chi connectivity index (χ0) is 13.8. The molecule has 3 heteroatoms. The van der Waals surface area contributed by atoms with Gasteiger partial charge in [0, 0.05) is 17.6 Å². The van der Waals surface area contributed by atoms with E-state index in [1.165, 1.54) is 25.7 Å². The molecule has 0 aliphatic heterocycles. The topological polar surface area (TPSA) is 27.0 Å². The van der Waals surface area contributed by atoms with Gasteiger partial charge in [0.2, 0.25) is 0 Å². The predicted octanol–water partition coefficient (Wildman–Crippen LogP) is 4.22. The molecule has 0 bridgehead atoms. The van der Waals surface area contributed by atoms with Crippen molar-refractivity contribution in [3.63, 3.8) is 0 Å². The van der Waals surface area contributed by atoms with E-state index >= 15 is 0 Å². The van der Waals surface area contributed by atoms with Crippen LogP contribution >= 0.6 is 11.6 Å². The minimum Gasteiger partial charge on any atom is -0.299 e. The zero-order valence-electron chi connectivity index (χ0n) is 11.7. The Kier molecular flexibility index (Phi) is 4.85. The van der Waals surface area contributed by atoms with Gasteiger partial charge in [-0.25, -0.2) is 0 Å². The summed E-state index contributed by atoms with van der Waals surface area (Å²) in [5.41, 5.74) is 1.74. The molecule has 0 amide bonds. The van der Waals surface area contributed by atoms with Crippen LogP contribution in [0.3, 0.4) is 0 Å². The Hall–Kier alpha value is -1.04. The molecule has 0 radical (unpaired) electrons. The monoisotopic (exact) mass is 276 g/mol. The zero-order valence-corrected chi connectivity index (χ0v) is 12.5. The number of hydrogen-bond acceptors (Lipinski definition) is 2. The van der Waals surface area contributed by atoms with E-state index in [0.717, 1.165) is 18.0 Å². The van der Waals surface area contributed by atoms with E-state index in [2.05, 4.69) is 24.9 Å². The summed E-state index contributed by atoms with van der Waals surface area (Å²) in [4.78, 5) is 2.40. The second-order valence-electron chi connectivity index (χ2n) is 5.75. The quantitative estimate of drug-likeness (QED) is 0.826. The third-order valence-electron chi connectivity index (χ3n) is 4.21. The lowest BCUT2D eigenvalue weighted by Gasteiger charge is -2.33. The molecular formula is C16H21ClN2. The first-order chi connectivity index (χ1) is 9.10. The highest BCUT2D eigenvalue weighted by atomic mass is 35.5. The van der Waals surface area contributed by atoms with Crippen molar-refractivity contribution in [1.82, 2.24) is 4.90 Å². The predicted molar refractivity (Wildman–Crippen MR) is 79.1 cm³/mol. The Bertz CT molecular complexity index is 470. The Labute approximate surface area is 121 Å². The number of nitrogens with zero attached hydrogens (tertiary/aromatic N) is 2. The highest BCUT2D eigenvalue weighted by molar-refractivity contribution is 6.31. The minimum absolute atomic E-state index is 0.628. The first-order valence-electron chi connectivity index (χ1n) is 6.99. The van der Waals surface area contributed by atoms with Crippen molar-refractivity contribution < 1.29 is 0 Å². The van der Waals surface area contributed by atoms with Gasteiger partial charge in [-0.1, -0.05) is 24.6 Å². The SMILES string of the molecule is CC1CCC(N(C)Cc2ccc(C#N)cc2Cl)CC1. The van der Waals surface area contributed by atoms with Crippen molar-refractivity contribution in [2.75, 3.05) is 7.05 Å². The van der Waals surface area contributed by atoms with Crippen LogP contribution in [0, 0.1) is 17.2 Å². The molecule has 0 N–H and O–H groups in total. The summed E-state index contributed by atoms with van der Waals surface area (Å²) < 4.78 is 0.